The van der Waals surface area contributed by atoms with Crippen molar-refractivity contribution in [1.29, 1.82) is 0 Å². The molecule has 0 spiro atoms. The lowest BCUT2D eigenvalue weighted by Gasteiger charge is -2.13. The smallest absolute Gasteiger partial charge is 0.359 e. The molecule has 1 amide bonds. The molecule has 0 saturated carbocycles. The van der Waals surface area contributed by atoms with E-state index in [1.807, 2.05) is 6.07 Å². The molecule has 24 heavy (non-hydrogen) atoms. The van der Waals surface area contributed by atoms with Gasteiger partial charge in [0, 0.05) is 24.7 Å². The molecule has 1 N–H and O–H groups in total. The van der Waals surface area contributed by atoms with Crippen molar-refractivity contribution < 1.29 is 14.3 Å². The van der Waals surface area contributed by atoms with Crippen LogP contribution in [0.5, 0.6) is 0 Å². The van der Waals surface area contributed by atoms with E-state index in [9.17, 15) is 14.4 Å². The number of aromatic nitrogens is 2. The van der Waals surface area contributed by atoms with Gasteiger partial charge < -0.3 is 10.1 Å². The van der Waals surface area contributed by atoms with Crippen LogP contribution in [-0.4, -0.2) is 27.8 Å². The number of amides is 1. The van der Waals surface area contributed by atoms with Gasteiger partial charge in [0.15, 0.2) is 11.8 Å². The Morgan fingerprint density at radius 3 is 2.67 bits per heavy atom. The number of benzene rings is 1. The van der Waals surface area contributed by atoms with E-state index in [1.54, 1.807) is 18.2 Å². The van der Waals surface area contributed by atoms with E-state index in [2.05, 4.69) is 10.4 Å². The Morgan fingerprint density at radius 1 is 1.29 bits per heavy atom. The highest BCUT2D eigenvalue weighted by atomic mass is 35.5. The van der Waals surface area contributed by atoms with E-state index in [4.69, 9.17) is 16.3 Å². The second-order valence-electron chi connectivity index (χ2n) is 5.04. The summed E-state index contributed by atoms with van der Waals surface area (Å²) in [5.41, 5.74) is 0.353. The van der Waals surface area contributed by atoms with Gasteiger partial charge >= 0.3 is 5.97 Å². The molecule has 1 unspecified atom stereocenters. The average Bonchev–Trinajstić information content (AvgIpc) is 2.56. The fourth-order valence-corrected chi connectivity index (χ4v) is 2.06. The minimum atomic E-state index is -1.01. The van der Waals surface area contributed by atoms with Gasteiger partial charge in [0.05, 0.1) is 0 Å². The highest BCUT2D eigenvalue weighted by Crippen LogP contribution is 2.14. The molecule has 0 aliphatic carbocycles. The van der Waals surface area contributed by atoms with Gasteiger partial charge in [-0.3, -0.25) is 9.59 Å². The van der Waals surface area contributed by atoms with Crippen LogP contribution in [-0.2, 0) is 23.1 Å². The van der Waals surface area contributed by atoms with Crippen LogP contribution < -0.4 is 10.9 Å². The first-order chi connectivity index (χ1) is 11.4. The Kier molecular flexibility index (Phi) is 5.70. The van der Waals surface area contributed by atoms with E-state index in [-0.39, 0.29) is 17.8 Å². The highest BCUT2D eigenvalue weighted by Gasteiger charge is 2.20. The molecule has 2 rings (SSSR count). The number of carbonyl (C=O) groups excluding carboxylic acids is 2. The van der Waals surface area contributed by atoms with E-state index < -0.39 is 18.0 Å². The monoisotopic (exact) mass is 349 g/mol. The highest BCUT2D eigenvalue weighted by molar-refractivity contribution is 6.31. The number of nitrogens with zero attached hydrogens (tertiary/aromatic N) is 2. The predicted molar refractivity (Wildman–Crippen MR) is 87.7 cm³/mol. The molecule has 0 aliphatic heterocycles. The number of esters is 1. The molecule has 2 aromatic rings. The largest absolute Gasteiger partial charge is 0.448 e. The Labute approximate surface area is 143 Å². The molecule has 126 valence electrons. The van der Waals surface area contributed by atoms with Crippen LogP contribution in [0.15, 0.2) is 41.2 Å². The number of hydrogen-bond acceptors (Lipinski definition) is 5. The SMILES string of the molecule is CC(OC(=O)c1ccc(=O)n(C)n1)C(=O)NCc1ccccc1Cl. The van der Waals surface area contributed by atoms with Gasteiger partial charge in [-0.25, -0.2) is 9.48 Å². The summed E-state index contributed by atoms with van der Waals surface area (Å²) in [4.78, 5) is 35.2. The maximum atomic E-state index is 12.0. The molecule has 7 nitrogen and oxygen atoms in total. The summed E-state index contributed by atoms with van der Waals surface area (Å²) in [6.07, 6.45) is -1.01. The van der Waals surface area contributed by atoms with Crippen LogP contribution in [0, 0.1) is 0 Å². The zero-order valence-corrected chi connectivity index (χ0v) is 13.9. The maximum absolute atomic E-state index is 12.0. The standard InChI is InChI=1S/C16H16ClN3O4/c1-10(15(22)18-9-11-5-3-4-6-12(11)17)24-16(23)13-7-8-14(21)20(2)19-13/h3-8,10H,9H2,1-2H3,(H,18,22). The number of hydrogen-bond donors (Lipinski definition) is 1. The second-order valence-corrected chi connectivity index (χ2v) is 5.44. The normalized spacial score (nSPS) is 11.6. The summed E-state index contributed by atoms with van der Waals surface area (Å²) < 4.78 is 6.06. The molecule has 1 aromatic carbocycles. The van der Waals surface area contributed by atoms with Crippen molar-refractivity contribution in [3.63, 3.8) is 0 Å². The van der Waals surface area contributed by atoms with Gasteiger partial charge in [0.2, 0.25) is 0 Å². The molecular formula is C16H16ClN3O4. The Balaban J connectivity index is 1.93. The van der Waals surface area contributed by atoms with E-state index in [0.717, 1.165) is 10.2 Å². The van der Waals surface area contributed by atoms with Gasteiger partial charge in [-0.15, -0.1) is 0 Å². The van der Waals surface area contributed by atoms with Crippen molar-refractivity contribution in [2.45, 2.75) is 19.6 Å². The molecule has 0 fully saturated rings. The van der Waals surface area contributed by atoms with Crippen molar-refractivity contribution in [3.8, 4) is 0 Å². The van der Waals surface area contributed by atoms with Crippen LogP contribution in [0.3, 0.4) is 0 Å². The zero-order chi connectivity index (χ0) is 17.7. The average molecular weight is 350 g/mol. The molecule has 8 heteroatoms. The number of nitrogens with one attached hydrogen (secondary N) is 1. The summed E-state index contributed by atoms with van der Waals surface area (Å²) in [5, 5.41) is 6.95. The van der Waals surface area contributed by atoms with E-state index in [0.29, 0.717) is 5.02 Å². The summed E-state index contributed by atoms with van der Waals surface area (Å²) in [5.74, 6) is -1.25. The number of ether oxygens (including phenoxy) is 1. The number of aryl methyl sites for hydroxylation is 1. The van der Waals surface area contributed by atoms with Gasteiger partial charge in [-0.2, -0.15) is 5.10 Å². The quantitative estimate of drug-likeness (QED) is 0.821. The van der Waals surface area contributed by atoms with Crippen molar-refractivity contribution in [2.24, 2.45) is 7.05 Å². The molecular weight excluding hydrogens is 334 g/mol. The molecule has 1 aromatic heterocycles. The van der Waals surface area contributed by atoms with Crippen LogP contribution in [0.1, 0.15) is 23.0 Å². The summed E-state index contributed by atoms with van der Waals surface area (Å²) >= 11 is 6.01. The molecule has 0 radical (unpaired) electrons. The third-order valence-electron chi connectivity index (χ3n) is 3.23. The van der Waals surface area contributed by atoms with E-state index >= 15 is 0 Å². The Morgan fingerprint density at radius 2 is 2.00 bits per heavy atom. The van der Waals surface area contributed by atoms with Crippen molar-refractivity contribution in [2.75, 3.05) is 0 Å². The first kappa shape index (κ1) is 17.7. The molecule has 0 bridgehead atoms. The Bertz CT molecular complexity index is 819. The molecule has 0 saturated heterocycles. The van der Waals surface area contributed by atoms with Gasteiger partial charge in [0.1, 0.15) is 0 Å². The van der Waals surface area contributed by atoms with Crippen LogP contribution in [0.2, 0.25) is 5.02 Å². The lowest BCUT2D eigenvalue weighted by Crippen LogP contribution is -2.36. The first-order valence-electron chi connectivity index (χ1n) is 7.15. The fraction of sp³-hybridized carbons (Fsp3) is 0.250. The molecule has 1 heterocycles. The molecule has 0 aliphatic rings. The number of carbonyl (C=O) groups is 2. The summed E-state index contributed by atoms with van der Waals surface area (Å²) in [7, 11) is 1.42. The number of rotatable bonds is 5. The van der Waals surface area contributed by atoms with Crippen molar-refractivity contribution >= 4 is 23.5 Å². The van der Waals surface area contributed by atoms with Crippen LogP contribution in [0.25, 0.3) is 0 Å². The summed E-state index contributed by atoms with van der Waals surface area (Å²) in [6.45, 7) is 1.67. The van der Waals surface area contributed by atoms with Crippen molar-refractivity contribution in [1.82, 2.24) is 15.1 Å². The lowest BCUT2D eigenvalue weighted by molar-refractivity contribution is -0.129. The summed E-state index contributed by atoms with van der Waals surface area (Å²) in [6, 6.07) is 9.55. The van der Waals surface area contributed by atoms with Gasteiger partial charge in [-0.05, 0) is 24.6 Å². The third-order valence-corrected chi connectivity index (χ3v) is 3.60. The zero-order valence-electron chi connectivity index (χ0n) is 13.2. The van der Waals surface area contributed by atoms with Gasteiger partial charge in [0.25, 0.3) is 11.5 Å². The first-order valence-corrected chi connectivity index (χ1v) is 7.52. The van der Waals surface area contributed by atoms with Gasteiger partial charge in [-0.1, -0.05) is 29.8 Å². The number of halogens is 1. The topological polar surface area (TPSA) is 90.3 Å². The molecule has 1 atom stereocenters. The second kappa shape index (κ2) is 7.74. The maximum Gasteiger partial charge on any atom is 0.359 e. The minimum absolute atomic E-state index is 0.0529. The lowest BCUT2D eigenvalue weighted by atomic mass is 10.2. The predicted octanol–water partition coefficient (Wildman–Crippen LogP) is 1.30. The van der Waals surface area contributed by atoms with Crippen LogP contribution in [0.4, 0.5) is 0 Å². The Hall–Kier alpha value is -2.67. The van der Waals surface area contributed by atoms with Crippen molar-refractivity contribution in [3.05, 3.63) is 63.0 Å². The fourth-order valence-electron chi connectivity index (χ4n) is 1.85. The third kappa shape index (κ3) is 4.42. The van der Waals surface area contributed by atoms with E-state index in [1.165, 1.54) is 26.1 Å². The van der Waals surface area contributed by atoms with Crippen LogP contribution >= 0.6 is 11.6 Å². The minimum Gasteiger partial charge on any atom is -0.448 e.